The molecule has 30 heavy (non-hydrogen) atoms. The first-order valence-corrected chi connectivity index (χ1v) is 9.46. The topological polar surface area (TPSA) is 67.2 Å². The number of rotatable bonds is 6. The number of benzene rings is 2. The second-order valence-electron chi connectivity index (χ2n) is 6.61. The molecule has 0 aliphatic heterocycles. The lowest BCUT2D eigenvalue weighted by atomic mass is 10.1. The summed E-state index contributed by atoms with van der Waals surface area (Å²) in [6.45, 7) is 4.24. The summed E-state index contributed by atoms with van der Waals surface area (Å²) in [4.78, 5) is 30.2. The van der Waals surface area contributed by atoms with Crippen LogP contribution in [-0.4, -0.2) is 39.4 Å². The number of halogens is 3. The number of carbonyl (C=O) groups excluding carboxylic acids is 2. The van der Waals surface area contributed by atoms with Crippen LogP contribution in [0.1, 0.15) is 30.0 Å². The third kappa shape index (κ3) is 4.45. The summed E-state index contributed by atoms with van der Waals surface area (Å²) in [5.41, 5.74) is 1.09. The number of imidazole rings is 1. The molecule has 2 aromatic carbocycles. The Morgan fingerprint density at radius 2 is 1.77 bits per heavy atom. The van der Waals surface area contributed by atoms with E-state index in [0.29, 0.717) is 24.3 Å². The quantitative estimate of drug-likeness (QED) is 0.653. The highest BCUT2D eigenvalue weighted by Gasteiger charge is 2.38. The highest BCUT2D eigenvalue weighted by atomic mass is 19.4. The molecule has 0 saturated heterocycles. The second kappa shape index (κ2) is 8.56. The van der Waals surface area contributed by atoms with Crippen LogP contribution in [0.15, 0.2) is 48.5 Å². The molecule has 1 aromatic heterocycles. The van der Waals surface area contributed by atoms with Gasteiger partial charge in [0.05, 0.1) is 11.0 Å². The van der Waals surface area contributed by atoms with E-state index in [-0.39, 0.29) is 16.9 Å². The molecule has 158 valence electrons. The Hall–Kier alpha value is -3.36. The summed E-state index contributed by atoms with van der Waals surface area (Å²) in [5.74, 6) is -1.98. The molecule has 1 heterocycles. The molecule has 3 aromatic rings. The van der Waals surface area contributed by atoms with Crippen molar-refractivity contribution in [3.8, 4) is 0 Å². The molecule has 0 bridgehead atoms. The van der Waals surface area contributed by atoms with E-state index in [9.17, 15) is 22.8 Å². The van der Waals surface area contributed by atoms with Crippen molar-refractivity contribution in [2.75, 3.05) is 18.4 Å². The van der Waals surface area contributed by atoms with Crippen molar-refractivity contribution in [3.63, 3.8) is 0 Å². The Bertz CT molecular complexity index is 1070. The SMILES string of the molecule is CCN(CC)C(=O)c1cccc(NC(=O)Cn2c(C(F)(F)F)nc3ccccc32)c1. The number of fused-ring (bicyclic) bond motifs is 1. The standard InChI is InChI=1S/C21H21F3N4O2/c1-3-27(4-2)19(30)14-8-7-9-15(12-14)25-18(29)13-28-17-11-6-5-10-16(17)26-20(28)21(22,23)24/h5-12H,3-4,13H2,1-2H3,(H,25,29). The van der Waals surface area contributed by atoms with Gasteiger partial charge in [0.2, 0.25) is 11.7 Å². The third-order valence-corrected chi connectivity index (χ3v) is 4.65. The maximum Gasteiger partial charge on any atom is 0.449 e. The fraction of sp³-hybridized carbons (Fsp3) is 0.286. The lowest BCUT2D eigenvalue weighted by Gasteiger charge is -2.19. The predicted octanol–water partition coefficient (Wildman–Crippen LogP) is 4.18. The lowest BCUT2D eigenvalue weighted by molar-refractivity contribution is -0.147. The molecule has 0 aliphatic rings. The van der Waals surface area contributed by atoms with Crippen LogP contribution in [0, 0.1) is 0 Å². The molecule has 6 nitrogen and oxygen atoms in total. The van der Waals surface area contributed by atoms with Gasteiger partial charge in [0.15, 0.2) is 0 Å². The first-order valence-electron chi connectivity index (χ1n) is 9.46. The lowest BCUT2D eigenvalue weighted by Crippen LogP contribution is -2.30. The Balaban J connectivity index is 1.83. The predicted molar refractivity (Wildman–Crippen MR) is 107 cm³/mol. The van der Waals surface area contributed by atoms with Crippen molar-refractivity contribution in [1.29, 1.82) is 0 Å². The van der Waals surface area contributed by atoms with Crippen molar-refractivity contribution < 1.29 is 22.8 Å². The summed E-state index contributed by atoms with van der Waals surface area (Å²) >= 11 is 0. The van der Waals surface area contributed by atoms with Crippen molar-refractivity contribution in [1.82, 2.24) is 14.5 Å². The molecule has 2 amide bonds. The maximum absolute atomic E-state index is 13.4. The fourth-order valence-electron chi connectivity index (χ4n) is 3.22. The summed E-state index contributed by atoms with van der Waals surface area (Å²) in [6, 6.07) is 12.4. The minimum absolute atomic E-state index is 0.157. The van der Waals surface area contributed by atoms with Crippen LogP contribution in [0.4, 0.5) is 18.9 Å². The number of carbonyl (C=O) groups is 2. The zero-order chi connectivity index (χ0) is 21.9. The zero-order valence-corrected chi connectivity index (χ0v) is 16.5. The monoisotopic (exact) mass is 418 g/mol. The number of nitrogens with zero attached hydrogens (tertiary/aromatic N) is 3. The largest absolute Gasteiger partial charge is 0.449 e. The van der Waals surface area contributed by atoms with Gasteiger partial charge in [-0.3, -0.25) is 9.59 Å². The molecule has 3 rings (SSSR count). The van der Waals surface area contributed by atoms with Crippen LogP contribution in [0.3, 0.4) is 0 Å². The molecular formula is C21H21F3N4O2. The average molecular weight is 418 g/mol. The van der Waals surface area contributed by atoms with Gasteiger partial charge in [0.1, 0.15) is 6.54 Å². The summed E-state index contributed by atoms with van der Waals surface area (Å²) in [5, 5.41) is 2.57. The van der Waals surface area contributed by atoms with Crippen LogP contribution in [0.2, 0.25) is 0 Å². The van der Waals surface area contributed by atoms with Gasteiger partial charge in [-0.1, -0.05) is 18.2 Å². The van der Waals surface area contributed by atoms with E-state index in [1.54, 1.807) is 35.2 Å². The van der Waals surface area contributed by atoms with Crippen LogP contribution < -0.4 is 5.32 Å². The van der Waals surface area contributed by atoms with E-state index < -0.39 is 24.5 Å². The summed E-state index contributed by atoms with van der Waals surface area (Å²) in [7, 11) is 0. The Morgan fingerprint density at radius 1 is 1.07 bits per heavy atom. The molecule has 0 unspecified atom stereocenters. The molecule has 0 atom stereocenters. The number of anilines is 1. The first-order chi connectivity index (χ1) is 14.2. The average Bonchev–Trinajstić information content (AvgIpc) is 3.08. The Labute approximate surface area is 171 Å². The zero-order valence-electron chi connectivity index (χ0n) is 16.5. The van der Waals surface area contributed by atoms with Gasteiger partial charge in [-0.15, -0.1) is 0 Å². The normalized spacial score (nSPS) is 11.5. The van der Waals surface area contributed by atoms with E-state index in [1.165, 1.54) is 18.2 Å². The van der Waals surface area contributed by atoms with Crippen LogP contribution in [0.25, 0.3) is 11.0 Å². The highest BCUT2D eigenvalue weighted by Crippen LogP contribution is 2.31. The van der Waals surface area contributed by atoms with Gasteiger partial charge in [-0.25, -0.2) is 4.98 Å². The Kier molecular flexibility index (Phi) is 6.09. The minimum Gasteiger partial charge on any atom is -0.339 e. The second-order valence-corrected chi connectivity index (χ2v) is 6.61. The molecular weight excluding hydrogens is 397 g/mol. The number of nitrogens with one attached hydrogen (secondary N) is 1. The maximum atomic E-state index is 13.4. The van der Waals surface area contributed by atoms with Crippen molar-refractivity contribution in [2.24, 2.45) is 0 Å². The molecule has 0 saturated carbocycles. The Morgan fingerprint density at radius 3 is 2.43 bits per heavy atom. The summed E-state index contributed by atoms with van der Waals surface area (Å²) in [6.07, 6.45) is -4.70. The number of hydrogen-bond donors (Lipinski definition) is 1. The van der Waals surface area contributed by atoms with E-state index in [0.717, 1.165) is 4.57 Å². The van der Waals surface area contributed by atoms with Crippen LogP contribution >= 0.6 is 0 Å². The number of amides is 2. The first kappa shape index (κ1) is 21.4. The molecule has 0 spiro atoms. The molecule has 0 fully saturated rings. The van der Waals surface area contributed by atoms with E-state index in [2.05, 4.69) is 10.3 Å². The molecule has 0 aliphatic carbocycles. The van der Waals surface area contributed by atoms with Gasteiger partial charge in [-0.2, -0.15) is 13.2 Å². The number of hydrogen-bond acceptors (Lipinski definition) is 3. The third-order valence-electron chi connectivity index (χ3n) is 4.65. The van der Waals surface area contributed by atoms with E-state index in [1.807, 2.05) is 13.8 Å². The highest BCUT2D eigenvalue weighted by molar-refractivity contribution is 5.97. The number of aromatic nitrogens is 2. The fourth-order valence-corrected chi connectivity index (χ4v) is 3.22. The number of alkyl halides is 3. The smallest absolute Gasteiger partial charge is 0.339 e. The van der Waals surface area contributed by atoms with Gasteiger partial charge >= 0.3 is 6.18 Å². The van der Waals surface area contributed by atoms with Gasteiger partial charge in [0.25, 0.3) is 5.91 Å². The van der Waals surface area contributed by atoms with Gasteiger partial charge in [-0.05, 0) is 44.2 Å². The van der Waals surface area contributed by atoms with E-state index in [4.69, 9.17) is 0 Å². The molecule has 9 heteroatoms. The van der Waals surface area contributed by atoms with Gasteiger partial charge < -0.3 is 14.8 Å². The van der Waals surface area contributed by atoms with Crippen LogP contribution in [0.5, 0.6) is 0 Å². The van der Waals surface area contributed by atoms with Crippen molar-refractivity contribution in [2.45, 2.75) is 26.6 Å². The summed E-state index contributed by atoms with van der Waals surface area (Å²) < 4.78 is 41.0. The minimum atomic E-state index is -4.70. The molecule has 1 N–H and O–H groups in total. The van der Waals surface area contributed by atoms with Crippen LogP contribution in [-0.2, 0) is 17.5 Å². The number of para-hydroxylation sites is 2. The van der Waals surface area contributed by atoms with E-state index >= 15 is 0 Å². The molecule has 0 radical (unpaired) electrons. The van der Waals surface area contributed by atoms with Gasteiger partial charge in [0, 0.05) is 24.3 Å². The van der Waals surface area contributed by atoms with Crippen molar-refractivity contribution >= 4 is 28.5 Å². The van der Waals surface area contributed by atoms with Crippen molar-refractivity contribution in [3.05, 3.63) is 59.9 Å².